The first-order valence-electron chi connectivity index (χ1n) is 6.86. The van der Waals surface area contributed by atoms with Gasteiger partial charge in [0.05, 0.1) is 19.3 Å². The Morgan fingerprint density at radius 2 is 2.30 bits per heavy atom. The molecule has 7 heteroatoms. The zero-order valence-electron chi connectivity index (χ0n) is 12.2. The second-order valence-corrected chi connectivity index (χ2v) is 5.10. The number of methoxy groups -OCH3 is 1. The summed E-state index contributed by atoms with van der Waals surface area (Å²) in [6.07, 6.45) is 2.00. The molecule has 0 bridgehead atoms. The fraction of sp³-hybridized carbons (Fsp3) is 0.692. The molecule has 0 saturated heterocycles. The highest BCUT2D eigenvalue weighted by Gasteiger charge is 2.33. The first-order chi connectivity index (χ1) is 9.51. The number of aliphatic hydroxyl groups excluding tert-OH is 1. The maximum absolute atomic E-state index is 11.9. The Morgan fingerprint density at radius 1 is 1.60 bits per heavy atom. The molecule has 0 spiro atoms. The van der Waals surface area contributed by atoms with E-state index in [1.807, 2.05) is 18.9 Å². The van der Waals surface area contributed by atoms with Crippen molar-refractivity contribution in [2.75, 3.05) is 31.3 Å². The Bertz CT molecular complexity index is 500. The monoisotopic (exact) mass is 282 g/mol. The zero-order valence-corrected chi connectivity index (χ0v) is 12.2. The number of ether oxygens (including phenoxy) is 1. The van der Waals surface area contributed by atoms with E-state index in [4.69, 9.17) is 10.5 Å². The van der Waals surface area contributed by atoms with E-state index in [0.717, 1.165) is 19.3 Å². The molecule has 2 rings (SSSR count). The largest absolute Gasteiger partial charge is 0.465 e. The van der Waals surface area contributed by atoms with Crippen LogP contribution < -0.4 is 10.6 Å². The summed E-state index contributed by atoms with van der Waals surface area (Å²) in [5, 5.41) is 14.5. The Kier molecular flexibility index (Phi) is 4.17. The van der Waals surface area contributed by atoms with E-state index in [-0.39, 0.29) is 17.4 Å². The summed E-state index contributed by atoms with van der Waals surface area (Å²) in [7, 11) is 3.16. The van der Waals surface area contributed by atoms with E-state index >= 15 is 0 Å². The molecule has 1 saturated carbocycles. The number of nitrogens with zero attached hydrogens (tertiary/aromatic N) is 3. The quantitative estimate of drug-likeness (QED) is 0.793. The van der Waals surface area contributed by atoms with Crippen molar-refractivity contribution in [2.24, 2.45) is 0 Å². The molecule has 1 aromatic heterocycles. The average Bonchev–Trinajstić information content (AvgIpc) is 3.00. The second-order valence-electron chi connectivity index (χ2n) is 5.10. The average molecular weight is 282 g/mol. The third-order valence-electron chi connectivity index (χ3n) is 3.91. The minimum atomic E-state index is -0.503. The molecule has 2 unspecified atom stereocenters. The van der Waals surface area contributed by atoms with Crippen LogP contribution in [0.15, 0.2) is 0 Å². The number of esters is 1. The van der Waals surface area contributed by atoms with E-state index in [1.54, 1.807) is 4.68 Å². The lowest BCUT2D eigenvalue weighted by Gasteiger charge is -2.17. The zero-order chi connectivity index (χ0) is 14.9. The van der Waals surface area contributed by atoms with Crippen molar-refractivity contribution in [3.8, 4) is 0 Å². The molecule has 7 nitrogen and oxygen atoms in total. The van der Waals surface area contributed by atoms with Crippen LogP contribution in [0.3, 0.4) is 0 Å². The molecule has 0 aromatic carbocycles. The van der Waals surface area contributed by atoms with Crippen molar-refractivity contribution in [1.82, 2.24) is 9.78 Å². The molecule has 3 N–H and O–H groups in total. The van der Waals surface area contributed by atoms with Gasteiger partial charge in [0.1, 0.15) is 11.4 Å². The fourth-order valence-electron chi connectivity index (χ4n) is 2.61. The Balaban J connectivity index is 2.49. The van der Waals surface area contributed by atoms with E-state index in [0.29, 0.717) is 12.4 Å². The topological polar surface area (TPSA) is 93.6 Å². The predicted octanol–water partition coefficient (Wildman–Crippen LogP) is 0.794. The van der Waals surface area contributed by atoms with Crippen molar-refractivity contribution < 1.29 is 14.6 Å². The summed E-state index contributed by atoms with van der Waals surface area (Å²) in [4.78, 5) is 13.8. The van der Waals surface area contributed by atoms with Crippen molar-refractivity contribution in [2.45, 2.75) is 38.3 Å². The lowest BCUT2D eigenvalue weighted by molar-refractivity contribution is 0.0602. The number of nitrogens with two attached hydrogens (primary N) is 1. The minimum absolute atomic E-state index is 0.169. The van der Waals surface area contributed by atoms with Crippen LogP contribution in [-0.2, 0) is 4.74 Å². The molecule has 0 aliphatic heterocycles. The number of hydrogen-bond acceptors (Lipinski definition) is 6. The first-order valence-corrected chi connectivity index (χ1v) is 6.86. The van der Waals surface area contributed by atoms with Gasteiger partial charge in [-0.25, -0.2) is 9.48 Å². The molecule has 2 atom stereocenters. The highest BCUT2D eigenvalue weighted by Crippen LogP contribution is 2.35. The van der Waals surface area contributed by atoms with Crippen LogP contribution >= 0.6 is 0 Å². The number of carbonyl (C=O) groups excluding carboxylic acids is 1. The van der Waals surface area contributed by atoms with E-state index < -0.39 is 12.1 Å². The number of nitrogen functional groups attached to an aromatic ring is 1. The van der Waals surface area contributed by atoms with Gasteiger partial charge in [-0.1, -0.05) is 0 Å². The molecule has 0 radical (unpaired) electrons. The summed E-state index contributed by atoms with van der Waals surface area (Å²) in [6, 6.07) is -0.169. The van der Waals surface area contributed by atoms with Gasteiger partial charge in [0.2, 0.25) is 0 Å². The third-order valence-corrected chi connectivity index (χ3v) is 3.91. The van der Waals surface area contributed by atoms with Gasteiger partial charge in [-0.15, -0.1) is 0 Å². The van der Waals surface area contributed by atoms with Crippen LogP contribution in [0.2, 0.25) is 0 Å². The standard InChI is InChI=1S/C13H22N4O3/c1-4-16(2)12-10(13(19)20-3)11(14)17(15-12)8-6-5-7-9(8)18/h8-9,18H,4-7,14H2,1-3H3. The van der Waals surface area contributed by atoms with Crippen LogP contribution in [0.4, 0.5) is 11.6 Å². The Hall–Kier alpha value is -1.76. The first kappa shape index (κ1) is 14.6. The van der Waals surface area contributed by atoms with Crippen molar-refractivity contribution >= 4 is 17.6 Å². The number of hydrogen-bond donors (Lipinski definition) is 2. The van der Waals surface area contributed by atoms with E-state index in [1.165, 1.54) is 7.11 Å². The van der Waals surface area contributed by atoms with Gasteiger partial charge < -0.3 is 20.5 Å². The number of rotatable bonds is 4. The lowest BCUT2D eigenvalue weighted by atomic mass is 10.2. The molecule has 1 aromatic rings. The van der Waals surface area contributed by atoms with Crippen molar-refractivity contribution in [1.29, 1.82) is 0 Å². The van der Waals surface area contributed by atoms with E-state index in [9.17, 15) is 9.90 Å². The molecule has 112 valence electrons. The van der Waals surface area contributed by atoms with Crippen LogP contribution in [-0.4, -0.2) is 47.7 Å². The van der Waals surface area contributed by atoms with Crippen LogP contribution in [0.1, 0.15) is 42.6 Å². The molecule has 20 heavy (non-hydrogen) atoms. The van der Waals surface area contributed by atoms with Gasteiger partial charge in [-0.05, 0) is 26.2 Å². The van der Waals surface area contributed by atoms with Gasteiger partial charge in [-0.3, -0.25) is 0 Å². The van der Waals surface area contributed by atoms with Gasteiger partial charge in [0.15, 0.2) is 5.82 Å². The number of aromatic nitrogens is 2. The summed E-state index contributed by atoms with van der Waals surface area (Å²) in [6.45, 7) is 2.65. The number of anilines is 2. The molecule has 1 aliphatic rings. The Labute approximate surface area is 118 Å². The molecule has 1 heterocycles. The SMILES string of the molecule is CCN(C)c1nn(C2CCCC2O)c(N)c1C(=O)OC. The summed E-state index contributed by atoms with van der Waals surface area (Å²) >= 11 is 0. The molecular weight excluding hydrogens is 260 g/mol. The van der Waals surface area contributed by atoms with Gasteiger partial charge in [-0.2, -0.15) is 5.10 Å². The second kappa shape index (κ2) is 5.70. The maximum Gasteiger partial charge on any atom is 0.345 e. The Morgan fingerprint density at radius 3 is 2.80 bits per heavy atom. The summed E-state index contributed by atoms with van der Waals surface area (Å²) in [5.74, 6) is 0.255. The fourth-order valence-corrected chi connectivity index (χ4v) is 2.61. The highest BCUT2D eigenvalue weighted by atomic mass is 16.5. The smallest absolute Gasteiger partial charge is 0.345 e. The normalized spacial score (nSPS) is 22.0. The van der Waals surface area contributed by atoms with Gasteiger partial charge in [0.25, 0.3) is 0 Å². The lowest BCUT2D eigenvalue weighted by Crippen LogP contribution is -2.22. The van der Waals surface area contributed by atoms with Crippen molar-refractivity contribution in [3.05, 3.63) is 5.56 Å². The van der Waals surface area contributed by atoms with Crippen molar-refractivity contribution in [3.63, 3.8) is 0 Å². The van der Waals surface area contributed by atoms with Gasteiger partial charge >= 0.3 is 5.97 Å². The third kappa shape index (κ3) is 2.33. The molecule has 0 amide bonds. The number of aliphatic hydroxyl groups is 1. The summed E-state index contributed by atoms with van der Waals surface area (Å²) in [5.41, 5.74) is 6.35. The van der Waals surface area contributed by atoms with Crippen LogP contribution in [0.5, 0.6) is 0 Å². The van der Waals surface area contributed by atoms with E-state index in [2.05, 4.69) is 5.10 Å². The summed E-state index contributed by atoms with van der Waals surface area (Å²) < 4.78 is 6.37. The van der Waals surface area contributed by atoms with Crippen LogP contribution in [0.25, 0.3) is 0 Å². The van der Waals surface area contributed by atoms with Crippen LogP contribution in [0, 0.1) is 0 Å². The molecule has 1 aliphatic carbocycles. The van der Waals surface area contributed by atoms with Gasteiger partial charge in [0, 0.05) is 13.6 Å². The molecule has 1 fully saturated rings. The maximum atomic E-state index is 11.9. The predicted molar refractivity (Wildman–Crippen MR) is 75.8 cm³/mol. The molecular formula is C13H22N4O3. The number of carbonyl (C=O) groups is 1. The minimum Gasteiger partial charge on any atom is -0.465 e. The highest BCUT2D eigenvalue weighted by molar-refractivity contribution is 5.99.